The molecular weight excluding hydrogens is 216 g/mol. The number of ether oxygens (including phenoxy) is 1. The summed E-state index contributed by atoms with van der Waals surface area (Å²) in [6.45, 7) is 5.52. The van der Waals surface area contributed by atoms with Crippen LogP contribution >= 0.6 is 0 Å². The van der Waals surface area contributed by atoms with Crippen LogP contribution in [-0.4, -0.2) is 18.4 Å². The van der Waals surface area contributed by atoms with Gasteiger partial charge in [-0.05, 0) is 5.92 Å². The van der Waals surface area contributed by atoms with Crippen LogP contribution in [0.3, 0.4) is 0 Å². The lowest BCUT2D eigenvalue weighted by Crippen LogP contribution is -2.22. The van der Waals surface area contributed by atoms with Crippen LogP contribution in [0, 0.1) is 11.8 Å². The minimum atomic E-state index is -0.315. The molecule has 0 fully saturated rings. The molecule has 92 valence electrons. The van der Waals surface area contributed by atoms with E-state index in [2.05, 4.69) is 0 Å². The first-order valence-electron chi connectivity index (χ1n) is 5.77. The third-order valence-electron chi connectivity index (χ3n) is 2.81. The fourth-order valence-electron chi connectivity index (χ4n) is 1.25. The monoisotopic (exact) mass is 234 g/mol. The Kier molecular flexibility index (Phi) is 4.88. The molecule has 0 radical (unpaired) electrons. The molecule has 0 N–H and O–H groups in total. The van der Waals surface area contributed by atoms with Crippen LogP contribution in [0.2, 0.25) is 0 Å². The Morgan fingerprint density at radius 3 is 2.24 bits per heavy atom. The Labute approximate surface area is 102 Å². The Bertz CT molecular complexity index is 382. The summed E-state index contributed by atoms with van der Waals surface area (Å²) in [5, 5.41) is 0. The number of ketones is 1. The Balaban J connectivity index is 2.47. The van der Waals surface area contributed by atoms with Gasteiger partial charge in [-0.25, -0.2) is 0 Å². The van der Waals surface area contributed by atoms with Gasteiger partial charge in [0.25, 0.3) is 0 Å². The highest BCUT2D eigenvalue weighted by Crippen LogP contribution is 2.11. The first-order valence-corrected chi connectivity index (χ1v) is 5.77. The van der Waals surface area contributed by atoms with E-state index >= 15 is 0 Å². The molecule has 1 rings (SSSR count). The summed E-state index contributed by atoms with van der Waals surface area (Å²) in [7, 11) is 0. The van der Waals surface area contributed by atoms with Gasteiger partial charge in [-0.15, -0.1) is 0 Å². The molecule has 0 unspecified atom stereocenters. The van der Waals surface area contributed by atoms with E-state index in [4.69, 9.17) is 4.74 Å². The molecule has 3 heteroatoms. The summed E-state index contributed by atoms with van der Waals surface area (Å²) >= 11 is 0. The summed E-state index contributed by atoms with van der Waals surface area (Å²) in [5.74, 6) is -0.452. The minimum absolute atomic E-state index is 0.171. The average molecular weight is 234 g/mol. The molecule has 0 amide bonds. The van der Waals surface area contributed by atoms with E-state index in [1.165, 1.54) is 0 Å². The van der Waals surface area contributed by atoms with Crippen molar-refractivity contribution in [1.29, 1.82) is 0 Å². The van der Waals surface area contributed by atoms with Gasteiger partial charge in [0, 0.05) is 5.56 Å². The highest BCUT2D eigenvalue weighted by atomic mass is 16.5. The Hall–Kier alpha value is -1.64. The predicted molar refractivity (Wildman–Crippen MR) is 65.7 cm³/mol. The number of hydrogen-bond donors (Lipinski definition) is 0. The Morgan fingerprint density at radius 2 is 1.71 bits per heavy atom. The summed E-state index contributed by atoms with van der Waals surface area (Å²) in [6.07, 6.45) is 0. The number of benzene rings is 1. The summed E-state index contributed by atoms with van der Waals surface area (Å²) in [5.41, 5.74) is 0.567. The molecule has 0 aromatic heterocycles. The normalized spacial score (nSPS) is 12.2. The van der Waals surface area contributed by atoms with Gasteiger partial charge in [-0.3, -0.25) is 9.59 Å². The van der Waals surface area contributed by atoms with Gasteiger partial charge in [0.2, 0.25) is 0 Å². The van der Waals surface area contributed by atoms with Gasteiger partial charge in [0.15, 0.2) is 12.4 Å². The molecule has 1 aromatic carbocycles. The van der Waals surface area contributed by atoms with Crippen molar-refractivity contribution in [1.82, 2.24) is 0 Å². The lowest BCUT2D eigenvalue weighted by molar-refractivity contribution is -0.148. The molecule has 0 saturated heterocycles. The van der Waals surface area contributed by atoms with Crippen molar-refractivity contribution in [2.45, 2.75) is 20.8 Å². The molecular formula is C14H18O3. The quantitative estimate of drug-likeness (QED) is 0.581. The number of rotatable bonds is 5. The second kappa shape index (κ2) is 6.18. The molecule has 0 heterocycles. The first kappa shape index (κ1) is 13.4. The van der Waals surface area contributed by atoms with Crippen molar-refractivity contribution in [3.05, 3.63) is 35.9 Å². The van der Waals surface area contributed by atoms with Crippen LogP contribution in [0.1, 0.15) is 31.1 Å². The fraction of sp³-hybridized carbons (Fsp3) is 0.429. The largest absolute Gasteiger partial charge is 0.457 e. The van der Waals surface area contributed by atoms with Crippen LogP contribution < -0.4 is 0 Å². The van der Waals surface area contributed by atoms with E-state index < -0.39 is 0 Å². The van der Waals surface area contributed by atoms with Crippen LogP contribution in [0.4, 0.5) is 0 Å². The van der Waals surface area contributed by atoms with E-state index in [9.17, 15) is 9.59 Å². The zero-order valence-electron chi connectivity index (χ0n) is 10.5. The summed E-state index contributed by atoms with van der Waals surface area (Å²) in [4.78, 5) is 23.2. The van der Waals surface area contributed by atoms with E-state index in [0.29, 0.717) is 5.56 Å². The topological polar surface area (TPSA) is 43.4 Å². The molecule has 0 aliphatic rings. The molecule has 17 heavy (non-hydrogen) atoms. The van der Waals surface area contributed by atoms with E-state index in [1.54, 1.807) is 31.2 Å². The lowest BCUT2D eigenvalue weighted by Gasteiger charge is -2.13. The predicted octanol–water partition coefficient (Wildman–Crippen LogP) is 2.70. The zero-order chi connectivity index (χ0) is 12.8. The smallest absolute Gasteiger partial charge is 0.309 e. The highest BCUT2D eigenvalue weighted by Gasteiger charge is 2.19. The third-order valence-corrected chi connectivity index (χ3v) is 2.81. The van der Waals surface area contributed by atoms with Gasteiger partial charge in [-0.1, -0.05) is 51.1 Å². The van der Waals surface area contributed by atoms with Gasteiger partial charge >= 0.3 is 5.97 Å². The van der Waals surface area contributed by atoms with Crippen molar-refractivity contribution in [2.24, 2.45) is 11.8 Å². The molecule has 0 aliphatic heterocycles. The number of hydrogen-bond acceptors (Lipinski definition) is 3. The molecule has 0 aliphatic carbocycles. The summed E-state index contributed by atoms with van der Waals surface area (Å²) in [6, 6.07) is 8.82. The SMILES string of the molecule is CC(C)[C@@H](C)C(=O)OCC(=O)c1ccccc1. The Morgan fingerprint density at radius 1 is 1.12 bits per heavy atom. The average Bonchev–Trinajstić information content (AvgIpc) is 2.35. The molecule has 0 saturated carbocycles. The van der Waals surface area contributed by atoms with Crippen LogP contribution in [0.15, 0.2) is 30.3 Å². The maximum absolute atomic E-state index is 11.7. The molecule has 0 bridgehead atoms. The van der Waals surface area contributed by atoms with Crippen molar-refractivity contribution in [3.63, 3.8) is 0 Å². The maximum Gasteiger partial charge on any atom is 0.309 e. The maximum atomic E-state index is 11.7. The van der Waals surface area contributed by atoms with E-state index in [1.807, 2.05) is 19.9 Å². The van der Waals surface area contributed by atoms with Crippen LogP contribution in [0.5, 0.6) is 0 Å². The van der Waals surface area contributed by atoms with Gasteiger partial charge in [-0.2, -0.15) is 0 Å². The lowest BCUT2D eigenvalue weighted by atomic mass is 9.99. The second-order valence-electron chi connectivity index (χ2n) is 4.43. The van der Waals surface area contributed by atoms with Crippen LogP contribution in [-0.2, 0) is 9.53 Å². The van der Waals surface area contributed by atoms with E-state index in [-0.39, 0.29) is 30.2 Å². The second-order valence-corrected chi connectivity index (χ2v) is 4.43. The van der Waals surface area contributed by atoms with Crippen molar-refractivity contribution in [2.75, 3.05) is 6.61 Å². The minimum Gasteiger partial charge on any atom is -0.457 e. The van der Waals surface area contributed by atoms with Gasteiger partial charge < -0.3 is 4.74 Å². The molecule has 1 atom stereocenters. The number of carbonyl (C=O) groups is 2. The third kappa shape index (κ3) is 4.02. The summed E-state index contributed by atoms with van der Waals surface area (Å²) < 4.78 is 4.99. The van der Waals surface area contributed by atoms with Gasteiger partial charge in [0.05, 0.1) is 5.92 Å². The molecule has 1 aromatic rings. The fourth-order valence-corrected chi connectivity index (χ4v) is 1.25. The number of carbonyl (C=O) groups excluding carboxylic acids is 2. The number of esters is 1. The van der Waals surface area contributed by atoms with Crippen LogP contribution in [0.25, 0.3) is 0 Å². The standard InChI is InChI=1S/C14H18O3/c1-10(2)11(3)14(16)17-9-13(15)12-7-5-4-6-8-12/h4-8,10-11H,9H2,1-3H3/t11-/m1/s1. The number of Topliss-reactive ketones (excluding diaryl/α,β-unsaturated/α-hetero) is 1. The van der Waals surface area contributed by atoms with Crippen molar-refractivity contribution >= 4 is 11.8 Å². The highest BCUT2D eigenvalue weighted by molar-refractivity contribution is 5.97. The molecule has 3 nitrogen and oxygen atoms in total. The first-order chi connectivity index (χ1) is 8.02. The zero-order valence-corrected chi connectivity index (χ0v) is 10.5. The van der Waals surface area contributed by atoms with Crippen molar-refractivity contribution in [3.8, 4) is 0 Å². The molecule has 0 spiro atoms. The van der Waals surface area contributed by atoms with Gasteiger partial charge in [0.1, 0.15) is 0 Å². The van der Waals surface area contributed by atoms with E-state index in [0.717, 1.165) is 0 Å². The van der Waals surface area contributed by atoms with Crippen molar-refractivity contribution < 1.29 is 14.3 Å².